The van der Waals surface area contributed by atoms with E-state index < -0.39 is 10.0 Å². The van der Waals surface area contributed by atoms with Gasteiger partial charge in [-0.2, -0.15) is 0 Å². The largest absolute Gasteiger partial charge is 0.309 e. The van der Waals surface area contributed by atoms with E-state index in [0.29, 0.717) is 17.4 Å². The zero-order chi connectivity index (χ0) is 14.9. The lowest BCUT2D eigenvalue weighted by atomic mass is 9.89. The lowest BCUT2D eigenvalue weighted by Crippen LogP contribution is -2.32. The Balaban J connectivity index is 1.75. The van der Waals surface area contributed by atoms with E-state index in [1.807, 2.05) is 12.1 Å². The van der Waals surface area contributed by atoms with Gasteiger partial charge in [0.25, 0.3) is 0 Å². The highest BCUT2D eigenvalue weighted by atomic mass is 32.2. The van der Waals surface area contributed by atoms with Crippen molar-refractivity contribution in [1.29, 1.82) is 0 Å². The summed E-state index contributed by atoms with van der Waals surface area (Å²) in [5, 5.41) is 3.25. The molecule has 0 aromatic heterocycles. The summed E-state index contributed by atoms with van der Waals surface area (Å²) in [6.45, 7) is 2.26. The molecule has 0 unspecified atom stereocenters. The molecular formula is C16H24N2O2S. The minimum Gasteiger partial charge on any atom is -0.309 e. The highest BCUT2D eigenvalue weighted by molar-refractivity contribution is 7.89. The number of nitrogens with one attached hydrogen (secondary N) is 1. The van der Waals surface area contributed by atoms with Crippen LogP contribution in [-0.2, 0) is 23.1 Å². The predicted molar refractivity (Wildman–Crippen MR) is 83.4 cm³/mol. The Morgan fingerprint density at radius 1 is 1.14 bits per heavy atom. The quantitative estimate of drug-likeness (QED) is 0.929. The molecule has 116 valence electrons. The van der Waals surface area contributed by atoms with Crippen molar-refractivity contribution in [2.75, 3.05) is 13.6 Å². The van der Waals surface area contributed by atoms with Gasteiger partial charge in [0, 0.05) is 26.7 Å². The van der Waals surface area contributed by atoms with Crippen LogP contribution in [0.4, 0.5) is 0 Å². The number of rotatable bonds is 4. The Hall–Kier alpha value is -0.910. The lowest BCUT2D eigenvalue weighted by Gasteiger charge is -2.26. The second kappa shape index (κ2) is 6.07. The third-order valence-electron chi connectivity index (χ3n) is 4.76. The topological polar surface area (TPSA) is 49.4 Å². The van der Waals surface area contributed by atoms with Gasteiger partial charge in [0.2, 0.25) is 10.0 Å². The van der Waals surface area contributed by atoms with Crippen LogP contribution in [0.3, 0.4) is 0 Å². The van der Waals surface area contributed by atoms with Gasteiger partial charge in [0.15, 0.2) is 0 Å². The van der Waals surface area contributed by atoms with Crippen molar-refractivity contribution in [3.63, 3.8) is 0 Å². The summed E-state index contributed by atoms with van der Waals surface area (Å²) in [5.74, 6) is 0.523. The smallest absolute Gasteiger partial charge is 0.242 e. The molecule has 4 nitrogen and oxygen atoms in total. The molecule has 1 heterocycles. The molecule has 3 rings (SSSR count). The van der Waals surface area contributed by atoms with Crippen molar-refractivity contribution < 1.29 is 8.42 Å². The van der Waals surface area contributed by atoms with Crippen molar-refractivity contribution in [2.45, 2.75) is 50.1 Å². The maximum atomic E-state index is 12.7. The highest BCUT2D eigenvalue weighted by Gasteiger charge is 2.26. The Kier molecular flexibility index (Phi) is 4.33. The molecule has 21 heavy (non-hydrogen) atoms. The molecule has 1 aliphatic heterocycles. The molecule has 1 aromatic carbocycles. The fourth-order valence-corrected chi connectivity index (χ4v) is 4.74. The van der Waals surface area contributed by atoms with Crippen LogP contribution in [0.2, 0.25) is 0 Å². The number of hydrogen-bond acceptors (Lipinski definition) is 3. The number of benzene rings is 1. The van der Waals surface area contributed by atoms with Crippen LogP contribution in [0, 0.1) is 5.92 Å². The zero-order valence-electron chi connectivity index (χ0n) is 12.6. The maximum absolute atomic E-state index is 12.7. The summed E-state index contributed by atoms with van der Waals surface area (Å²) in [5.41, 5.74) is 2.33. The molecule has 1 N–H and O–H groups in total. The summed E-state index contributed by atoms with van der Waals surface area (Å²) in [6, 6.07) is 5.53. The van der Waals surface area contributed by atoms with Gasteiger partial charge in [-0.25, -0.2) is 12.7 Å². The van der Waals surface area contributed by atoms with Crippen LogP contribution in [0.25, 0.3) is 0 Å². The van der Waals surface area contributed by atoms with Crippen molar-refractivity contribution in [2.24, 2.45) is 5.92 Å². The molecule has 0 atom stereocenters. The second-order valence-electron chi connectivity index (χ2n) is 6.32. The van der Waals surface area contributed by atoms with Crippen LogP contribution in [0.1, 0.15) is 43.2 Å². The van der Waals surface area contributed by atoms with Crippen molar-refractivity contribution in [3.8, 4) is 0 Å². The Labute approximate surface area is 127 Å². The van der Waals surface area contributed by atoms with E-state index in [-0.39, 0.29) is 0 Å². The molecule has 2 aliphatic rings. The van der Waals surface area contributed by atoms with E-state index in [0.717, 1.165) is 31.5 Å². The van der Waals surface area contributed by atoms with Gasteiger partial charge in [0.1, 0.15) is 0 Å². The van der Waals surface area contributed by atoms with E-state index in [1.54, 1.807) is 17.4 Å². The minimum atomic E-state index is -3.35. The average Bonchev–Trinajstić information content (AvgIpc) is 2.95. The van der Waals surface area contributed by atoms with Crippen LogP contribution in [-0.4, -0.2) is 26.3 Å². The molecule has 1 saturated carbocycles. The van der Waals surface area contributed by atoms with Crippen LogP contribution < -0.4 is 5.32 Å². The first-order chi connectivity index (χ1) is 10.1. The fourth-order valence-electron chi connectivity index (χ4n) is 3.44. The first-order valence-corrected chi connectivity index (χ1v) is 9.30. The minimum absolute atomic E-state index is 0.434. The Morgan fingerprint density at radius 2 is 1.86 bits per heavy atom. The van der Waals surface area contributed by atoms with Crippen LogP contribution in [0.15, 0.2) is 23.1 Å². The second-order valence-corrected chi connectivity index (χ2v) is 8.37. The number of nitrogens with zero attached hydrogens (tertiary/aromatic N) is 1. The van der Waals surface area contributed by atoms with Crippen molar-refractivity contribution in [1.82, 2.24) is 9.62 Å². The van der Waals surface area contributed by atoms with Crippen molar-refractivity contribution >= 4 is 10.0 Å². The monoisotopic (exact) mass is 308 g/mol. The Morgan fingerprint density at radius 3 is 2.62 bits per heavy atom. The van der Waals surface area contributed by atoms with E-state index in [2.05, 4.69) is 5.32 Å². The zero-order valence-corrected chi connectivity index (χ0v) is 13.5. The molecule has 0 amide bonds. The maximum Gasteiger partial charge on any atom is 0.242 e. The molecule has 0 spiro atoms. The van der Waals surface area contributed by atoms with Gasteiger partial charge in [-0.1, -0.05) is 25.3 Å². The molecule has 1 aromatic rings. The first kappa shape index (κ1) is 15.0. The van der Waals surface area contributed by atoms with E-state index in [4.69, 9.17) is 0 Å². The van der Waals surface area contributed by atoms with Gasteiger partial charge in [0.05, 0.1) is 4.90 Å². The molecule has 0 bridgehead atoms. The number of sulfonamides is 1. The fraction of sp³-hybridized carbons (Fsp3) is 0.625. The molecule has 0 saturated heterocycles. The van der Waals surface area contributed by atoms with Crippen LogP contribution in [0.5, 0.6) is 0 Å². The predicted octanol–water partition coefficient (Wildman–Crippen LogP) is 2.49. The van der Waals surface area contributed by atoms with E-state index >= 15 is 0 Å². The molecule has 5 heteroatoms. The molecule has 1 fully saturated rings. The third kappa shape index (κ3) is 3.15. The molecule has 1 aliphatic carbocycles. The van der Waals surface area contributed by atoms with Gasteiger partial charge >= 0.3 is 0 Å². The van der Waals surface area contributed by atoms with Crippen molar-refractivity contribution in [3.05, 3.63) is 29.3 Å². The number of hydrogen-bond donors (Lipinski definition) is 1. The van der Waals surface area contributed by atoms with Gasteiger partial charge in [-0.05, 0) is 42.0 Å². The Bertz CT molecular complexity index is 607. The molecule has 0 radical (unpaired) electrons. The third-order valence-corrected chi connectivity index (χ3v) is 6.58. The molecular weight excluding hydrogens is 284 g/mol. The standard InChI is InChI=1S/C16H24N2O2S/c1-18(12-13-5-3-2-4-6-13)21(19,20)16-8-7-14-10-17-11-15(14)9-16/h7-9,13,17H,2-6,10-12H2,1H3. The van der Waals surface area contributed by atoms with Crippen LogP contribution >= 0.6 is 0 Å². The van der Waals surface area contributed by atoms with E-state index in [1.165, 1.54) is 24.8 Å². The normalized spacial score (nSPS) is 19.9. The van der Waals surface area contributed by atoms with Gasteiger partial charge in [-0.3, -0.25) is 0 Å². The summed E-state index contributed by atoms with van der Waals surface area (Å²) in [4.78, 5) is 0.434. The lowest BCUT2D eigenvalue weighted by molar-refractivity contribution is 0.300. The highest BCUT2D eigenvalue weighted by Crippen LogP contribution is 2.27. The van der Waals surface area contributed by atoms with Gasteiger partial charge in [-0.15, -0.1) is 0 Å². The number of fused-ring (bicyclic) bond motifs is 1. The summed E-state index contributed by atoms with van der Waals surface area (Å²) in [7, 11) is -1.64. The summed E-state index contributed by atoms with van der Waals surface area (Å²) >= 11 is 0. The first-order valence-electron chi connectivity index (χ1n) is 7.86. The summed E-state index contributed by atoms with van der Waals surface area (Å²) < 4.78 is 27.0. The van der Waals surface area contributed by atoms with E-state index in [9.17, 15) is 8.42 Å². The summed E-state index contributed by atoms with van der Waals surface area (Å²) in [6.07, 6.45) is 6.10. The average molecular weight is 308 g/mol. The van der Waals surface area contributed by atoms with Gasteiger partial charge < -0.3 is 5.32 Å². The SMILES string of the molecule is CN(CC1CCCCC1)S(=O)(=O)c1ccc2c(c1)CNC2.